The van der Waals surface area contributed by atoms with Crippen molar-refractivity contribution in [1.82, 2.24) is 10.2 Å². The number of halogens is 1. The van der Waals surface area contributed by atoms with Gasteiger partial charge in [-0.1, -0.05) is 27.2 Å². The molecular weight excluding hydrogens is 359 g/mol. The molecule has 2 amide bonds. The fraction of sp³-hybridized carbons (Fsp3) is 0.636. The van der Waals surface area contributed by atoms with E-state index in [1.54, 1.807) is 0 Å². The lowest BCUT2D eigenvalue weighted by molar-refractivity contribution is -0.124. The van der Waals surface area contributed by atoms with Crippen LogP contribution >= 0.6 is 0 Å². The van der Waals surface area contributed by atoms with Gasteiger partial charge in [0.25, 0.3) is 5.91 Å². The van der Waals surface area contributed by atoms with Crippen LogP contribution in [0.5, 0.6) is 0 Å². The van der Waals surface area contributed by atoms with Crippen LogP contribution in [0.4, 0.5) is 4.39 Å². The first-order chi connectivity index (χ1) is 13.3. The highest BCUT2D eigenvalue weighted by Gasteiger charge is 2.32. The Morgan fingerprint density at radius 3 is 2.50 bits per heavy atom. The molecule has 1 aromatic rings. The number of amides is 2. The van der Waals surface area contributed by atoms with Crippen LogP contribution in [-0.2, 0) is 4.79 Å². The minimum absolute atomic E-state index is 0.0264. The summed E-state index contributed by atoms with van der Waals surface area (Å²) in [6.07, 6.45) is 2.84. The molecule has 1 heterocycles. The lowest BCUT2D eigenvalue weighted by Crippen LogP contribution is -2.46. The number of hydrogen-bond acceptors (Lipinski definition) is 3. The molecule has 156 valence electrons. The van der Waals surface area contributed by atoms with Crippen LogP contribution in [0.25, 0.3) is 0 Å². The summed E-state index contributed by atoms with van der Waals surface area (Å²) in [4.78, 5) is 26.9. The average molecular weight is 393 g/mol. The molecule has 0 saturated carbocycles. The molecule has 0 radical (unpaired) electrons. The van der Waals surface area contributed by atoms with Crippen LogP contribution < -0.4 is 5.32 Å². The largest absolute Gasteiger partial charge is 0.394 e. The molecule has 1 fully saturated rings. The van der Waals surface area contributed by atoms with Gasteiger partial charge in [0.2, 0.25) is 5.91 Å². The van der Waals surface area contributed by atoms with Crippen LogP contribution in [0, 0.1) is 23.6 Å². The fourth-order valence-electron chi connectivity index (χ4n) is 4.04. The third kappa shape index (κ3) is 6.30. The molecule has 2 N–H and O–H groups in total. The monoisotopic (exact) mass is 392 g/mol. The number of nitrogens with one attached hydrogen (secondary N) is 1. The molecule has 0 bridgehead atoms. The topological polar surface area (TPSA) is 69.6 Å². The van der Waals surface area contributed by atoms with Gasteiger partial charge in [0.05, 0.1) is 12.6 Å². The van der Waals surface area contributed by atoms with E-state index in [0.717, 1.165) is 19.3 Å². The zero-order valence-corrected chi connectivity index (χ0v) is 17.2. The number of piperidine rings is 1. The van der Waals surface area contributed by atoms with Gasteiger partial charge in [-0.25, -0.2) is 4.39 Å². The summed E-state index contributed by atoms with van der Waals surface area (Å²) in [5, 5.41) is 12.4. The van der Waals surface area contributed by atoms with Crippen molar-refractivity contribution in [1.29, 1.82) is 0 Å². The van der Waals surface area contributed by atoms with Crippen molar-refractivity contribution < 1.29 is 19.1 Å². The number of aliphatic hydroxyl groups is 1. The number of likely N-dealkylation sites (tertiary alicyclic amines) is 1. The maximum absolute atomic E-state index is 13.1. The second kappa shape index (κ2) is 10.6. The van der Waals surface area contributed by atoms with E-state index in [4.69, 9.17) is 0 Å². The number of rotatable bonds is 8. The molecule has 2 rings (SSSR count). The zero-order valence-electron chi connectivity index (χ0n) is 17.2. The van der Waals surface area contributed by atoms with Crippen molar-refractivity contribution in [2.45, 2.75) is 52.5 Å². The highest BCUT2D eigenvalue weighted by Crippen LogP contribution is 2.30. The molecule has 28 heavy (non-hydrogen) atoms. The van der Waals surface area contributed by atoms with Crippen LogP contribution in [0.3, 0.4) is 0 Å². The quantitative estimate of drug-likeness (QED) is 0.714. The van der Waals surface area contributed by atoms with Crippen molar-refractivity contribution in [3.05, 3.63) is 35.6 Å². The summed E-state index contributed by atoms with van der Waals surface area (Å²) in [5.74, 6) is 0.412. The smallest absolute Gasteiger partial charge is 0.253 e. The Morgan fingerprint density at radius 2 is 1.93 bits per heavy atom. The van der Waals surface area contributed by atoms with Gasteiger partial charge in [0.1, 0.15) is 5.82 Å². The Morgan fingerprint density at radius 1 is 1.25 bits per heavy atom. The minimum atomic E-state index is -0.355. The van der Waals surface area contributed by atoms with Crippen molar-refractivity contribution in [2.75, 3.05) is 19.7 Å². The van der Waals surface area contributed by atoms with E-state index in [-0.39, 0.29) is 42.1 Å². The van der Waals surface area contributed by atoms with E-state index in [1.165, 1.54) is 24.3 Å². The molecule has 1 saturated heterocycles. The second-order valence-corrected chi connectivity index (χ2v) is 8.26. The standard InChI is InChI=1S/C22H33FN2O3/c1-4-16-13-25(22(28)17-5-7-19(23)8-6-17)10-9-18(16)12-21(27)24-20(14-26)11-15(2)3/h5-8,15-16,18,20,26H,4,9-14H2,1-3H3,(H,24,27)/t16-,18-,20+/m0/s1. The Kier molecular flexibility index (Phi) is 8.42. The highest BCUT2D eigenvalue weighted by atomic mass is 19.1. The summed E-state index contributed by atoms with van der Waals surface area (Å²) in [6, 6.07) is 5.43. The van der Waals surface area contributed by atoms with Gasteiger partial charge in [-0.15, -0.1) is 0 Å². The molecule has 1 aromatic carbocycles. The number of nitrogens with zero attached hydrogens (tertiary/aromatic N) is 1. The van der Waals surface area contributed by atoms with Crippen molar-refractivity contribution >= 4 is 11.8 Å². The Balaban J connectivity index is 1.92. The van der Waals surface area contributed by atoms with E-state index in [9.17, 15) is 19.1 Å². The molecule has 0 unspecified atom stereocenters. The predicted octanol–water partition coefficient (Wildman–Crippen LogP) is 3.23. The molecule has 0 aliphatic carbocycles. The maximum Gasteiger partial charge on any atom is 0.253 e. The van der Waals surface area contributed by atoms with E-state index < -0.39 is 0 Å². The van der Waals surface area contributed by atoms with Gasteiger partial charge in [-0.05, 0) is 54.9 Å². The van der Waals surface area contributed by atoms with E-state index in [2.05, 4.69) is 26.1 Å². The van der Waals surface area contributed by atoms with Gasteiger partial charge in [0.15, 0.2) is 0 Å². The molecule has 0 aromatic heterocycles. The van der Waals surface area contributed by atoms with Gasteiger partial charge < -0.3 is 15.3 Å². The second-order valence-electron chi connectivity index (χ2n) is 8.26. The fourth-order valence-corrected chi connectivity index (χ4v) is 4.04. The predicted molar refractivity (Wildman–Crippen MR) is 107 cm³/mol. The minimum Gasteiger partial charge on any atom is -0.394 e. The first kappa shape index (κ1) is 22.3. The SMILES string of the molecule is CC[C@H]1CN(C(=O)c2ccc(F)cc2)CC[C@H]1CC(=O)N[C@@H](CO)CC(C)C. The molecular formula is C22H33FN2O3. The summed E-state index contributed by atoms with van der Waals surface area (Å²) in [7, 11) is 0. The van der Waals surface area contributed by atoms with Crippen LogP contribution in [0.15, 0.2) is 24.3 Å². The van der Waals surface area contributed by atoms with Gasteiger partial charge in [-0.3, -0.25) is 9.59 Å². The number of hydrogen-bond donors (Lipinski definition) is 2. The third-order valence-corrected chi connectivity index (χ3v) is 5.58. The maximum atomic E-state index is 13.1. The highest BCUT2D eigenvalue weighted by molar-refractivity contribution is 5.94. The molecule has 1 aliphatic rings. The summed E-state index contributed by atoms with van der Waals surface area (Å²) in [5.41, 5.74) is 0.493. The number of carbonyl (C=O) groups excluding carboxylic acids is 2. The average Bonchev–Trinajstić information content (AvgIpc) is 2.67. The zero-order chi connectivity index (χ0) is 20.7. The molecule has 1 aliphatic heterocycles. The number of carbonyl (C=O) groups is 2. The van der Waals surface area contributed by atoms with E-state index in [1.807, 2.05) is 4.90 Å². The normalized spacial score (nSPS) is 20.9. The summed E-state index contributed by atoms with van der Waals surface area (Å²) >= 11 is 0. The van der Waals surface area contributed by atoms with Crippen LogP contribution in [0.2, 0.25) is 0 Å². The lowest BCUT2D eigenvalue weighted by Gasteiger charge is -2.38. The van der Waals surface area contributed by atoms with E-state index in [0.29, 0.717) is 31.0 Å². The molecule has 6 heteroatoms. The lowest BCUT2D eigenvalue weighted by atomic mass is 9.81. The Bertz CT molecular complexity index is 648. The van der Waals surface area contributed by atoms with Gasteiger partial charge in [-0.2, -0.15) is 0 Å². The van der Waals surface area contributed by atoms with Crippen LogP contribution in [0.1, 0.15) is 56.8 Å². The Hall–Kier alpha value is -1.95. The van der Waals surface area contributed by atoms with Gasteiger partial charge in [0, 0.05) is 25.1 Å². The van der Waals surface area contributed by atoms with Crippen molar-refractivity contribution in [3.8, 4) is 0 Å². The Labute approximate surface area is 167 Å². The molecule has 0 spiro atoms. The third-order valence-electron chi connectivity index (χ3n) is 5.58. The van der Waals surface area contributed by atoms with Crippen molar-refractivity contribution in [2.24, 2.45) is 17.8 Å². The number of benzene rings is 1. The first-order valence-corrected chi connectivity index (χ1v) is 10.3. The van der Waals surface area contributed by atoms with E-state index >= 15 is 0 Å². The van der Waals surface area contributed by atoms with Gasteiger partial charge >= 0.3 is 0 Å². The molecule has 3 atom stereocenters. The summed E-state index contributed by atoms with van der Waals surface area (Å²) < 4.78 is 13.1. The van der Waals surface area contributed by atoms with Crippen LogP contribution in [-0.4, -0.2) is 47.6 Å². The first-order valence-electron chi connectivity index (χ1n) is 10.3. The number of aliphatic hydroxyl groups excluding tert-OH is 1. The van der Waals surface area contributed by atoms with Crippen molar-refractivity contribution in [3.63, 3.8) is 0 Å². The summed E-state index contributed by atoms with van der Waals surface area (Å²) in [6.45, 7) is 7.37. The molecule has 5 nitrogen and oxygen atoms in total.